The van der Waals surface area contributed by atoms with Gasteiger partial charge in [-0.3, -0.25) is 0 Å². The van der Waals surface area contributed by atoms with Crippen molar-refractivity contribution in [3.63, 3.8) is 0 Å². The van der Waals surface area contributed by atoms with Gasteiger partial charge in [-0.25, -0.2) is 15.0 Å². The van der Waals surface area contributed by atoms with E-state index >= 15 is 0 Å². The van der Waals surface area contributed by atoms with Gasteiger partial charge in [-0.05, 0) is 31.2 Å². The molecule has 2 N–H and O–H groups in total. The van der Waals surface area contributed by atoms with E-state index in [1.54, 1.807) is 0 Å². The fourth-order valence-corrected chi connectivity index (χ4v) is 2.15. The van der Waals surface area contributed by atoms with Crippen LogP contribution in [-0.2, 0) is 0 Å². The predicted molar refractivity (Wildman–Crippen MR) is 72.4 cm³/mol. The molecule has 2 aromatic rings. The lowest BCUT2D eigenvalue weighted by Crippen LogP contribution is -2.60. The van der Waals surface area contributed by atoms with Crippen LogP contribution in [0.5, 0.6) is 0 Å². The Morgan fingerprint density at radius 3 is 2.37 bits per heavy atom. The Morgan fingerprint density at radius 2 is 1.79 bits per heavy atom. The molecule has 0 bridgehead atoms. The molecule has 0 spiro atoms. The summed E-state index contributed by atoms with van der Waals surface area (Å²) in [5.74, 6) is 0.523. The van der Waals surface area contributed by atoms with E-state index < -0.39 is 5.60 Å². The van der Waals surface area contributed by atoms with Crippen LogP contribution in [0.15, 0.2) is 36.9 Å². The zero-order valence-electron chi connectivity index (χ0n) is 10.6. The molecule has 0 atom stereocenters. The summed E-state index contributed by atoms with van der Waals surface area (Å²) in [6.45, 7) is 3.20. The lowest BCUT2D eigenvalue weighted by atomic mass is 9.96. The van der Waals surface area contributed by atoms with Crippen LogP contribution in [-0.4, -0.2) is 38.7 Å². The quantitative estimate of drug-likeness (QED) is 0.860. The molecule has 0 radical (unpaired) electrons. The minimum atomic E-state index is -0.554. The topological polar surface area (TPSA) is 74.2 Å². The van der Waals surface area contributed by atoms with Crippen LogP contribution in [0.25, 0.3) is 0 Å². The third kappa shape index (κ3) is 2.63. The SMILES string of the molecule is CC1(O)CN(c2ccc(Nc3ncncn3)cc2)C1. The van der Waals surface area contributed by atoms with Crippen molar-refractivity contribution in [1.29, 1.82) is 0 Å². The number of hydrogen-bond acceptors (Lipinski definition) is 6. The Bertz CT molecular complexity index is 547. The maximum absolute atomic E-state index is 9.72. The van der Waals surface area contributed by atoms with Gasteiger partial charge >= 0.3 is 0 Å². The Labute approximate surface area is 111 Å². The molecular weight excluding hydrogens is 242 g/mol. The normalized spacial score (nSPS) is 16.8. The Hall–Kier alpha value is -2.21. The highest BCUT2D eigenvalue weighted by atomic mass is 16.3. The number of nitrogens with zero attached hydrogens (tertiary/aromatic N) is 4. The zero-order valence-corrected chi connectivity index (χ0v) is 10.6. The summed E-state index contributed by atoms with van der Waals surface area (Å²) in [7, 11) is 0. The number of benzene rings is 1. The van der Waals surface area contributed by atoms with Crippen LogP contribution < -0.4 is 10.2 Å². The fourth-order valence-electron chi connectivity index (χ4n) is 2.15. The summed E-state index contributed by atoms with van der Waals surface area (Å²) in [5.41, 5.74) is 1.47. The number of hydrogen-bond donors (Lipinski definition) is 2. The smallest absolute Gasteiger partial charge is 0.230 e. The Balaban J connectivity index is 1.67. The highest BCUT2D eigenvalue weighted by molar-refractivity contribution is 5.60. The van der Waals surface area contributed by atoms with E-state index in [0.717, 1.165) is 11.4 Å². The van der Waals surface area contributed by atoms with Crippen LogP contribution in [0.3, 0.4) is 0 Å². The lowest BCUT2D eigenvalue weighted by Gasteiger charge is -2.45. The van der Waals surface area contributed by atoms with Crippen LogP contribution in [0.1, 0.15) is 6.92 Å². The fraction of sp³-hybridized carbons (Fsp3) is 0.308. The molecule has 1 aliphatic rings. The van der Waals surface area contributed by atoms with Gasteiger partial charge in [0.1, 0.15) is 12.7 Å². The van der Waals surface area contributed by atoms with Crippen LogP contribution in [0, 0.1) is 0 Å². The molecule has 1 saturated heterocycles. The monoisotopic (exact) mass is 257 g/mol. The van der Waals surface area contributed by atoms with Crippen molar-refractivity contribution in [2.75, 3.05) is 23.3 Å². The molecule has 2 heterocycles. The van der Waals surface area contributed by atoms with E-state index in [-0.39, 0.29) is 0 Å². The van der Waals surface area contributed by atoms with Crippen LogP contribution in [0.4, 0.5) is 17.3 Å². The maximum Gasteiger partial charge on any atom is 0.230 e. The van der Waals surface area contributed by atoms with Crippen molar-refractivity contribution >= 4 is 17.3 Å². The third-order valence-corrected chi connectivity index (χ3v) is 3.04. The van der Waals surface area contributed by atoms with Gasteiger partial charge in [-0.15, -0.1) is 0 Å². The number of anilines is 3. The van der Waals surface area contributed by atoms with E-state index in [9.17, 15) is 5.11 Å². The average molecular weight is 257 g/mol. The number of nitrogens with one attached hydrogen (secondary N) is 1. The van der Waals surface area contributed by atoms with E-state index in [2.05, 4.69) is 25.2 Å². The van der Waals surface area contributed by atoms with Crippen molar-refractivity contribution in [2.24, 2.45) is 0 Å². The largest absolute Gasteiger partial charge is 0.386 e. The first-order valence-corrected chi connectivity index (χ1v) is 6.09. The molecule has 1 fully saturated rings. The van der Waals surface area contributed by atoms with Crippen LogP contribution in [0.2, 0.25) is 0 Å². The molecule has 0 aliphatic carbocycles. The van der Waals surface area contributed by atoms with E-state index in [0.29, 0.717) is 19.0 Å². The molecule has 0 amide bonds. The molecule has 19 heavy (non-hydrogen) atoms. The summed E-state index contributed by atoms with van der Waals surface area (Å²) in [6, 6.07) is 7.95. The molecule has 1 aromatic carbocycles. The lowest BCUT2D eigenvalue weighted by molar-refractivity contribution is 0.0310. The first-order chi connectivity index (χ1) is 9.12. The summed E-state index contributed by atoms with van der Waals surface area (Å²) in [5, 5.41) is 12.8. The summed E-state index contributed by atoms with van der Waals surface area (Å²) >= 11 is 0. The maximum atomic E-state index is 9.72. The summed E-state index contributed by atoms with van der Waals surface area (Å²) in [6.07, 6.45) is 2.90. The highest BCUT2D eigenvalue weighted by Crippen LogP contribution is 2.28. The second kappa shape index (κ2) is 4.47. The van der Waals surface area contributed by atoms with Gasteiger partial charge in [0.05, 0.1) is 5.60 Å². The predicted octanol–water partition coefficient (Wildman–Crippen LogP) is 1.19. The molecule has 0 saturated carbocycles. The van der Waals surface area contributed by atoms with Gasteiger partial charge in [0.15, 0.2) is 0 Å². The van der Waals surface area contributed by atoms with Crippen molar-refractivity contribution in [1.82, 2.24) is 15.0 Å². The first kappa shape index (κ1) is 11.9. The zero-order chi connectivity index (χ0) is 13.3. The number of rotatable bonds is 3. The number of aliphatic hydroxyl groups is 1. The van der Waals surface area contributed by atoms with E-state index in [1.165, 1.54) is 12.7 Å². The molecule has 6 nitrogen and oxygen atoms in total. The first-order valence-electron chi connectivity index (χ1n) is 6.09. The Kier molecular flexibility index (Phi) is 2.79. The van der Waals surface area contributed by atoms with Gasteiger partial charge in [0.25, 0.3) is 0 Å². The summed E-state index contributed by atoms with van der Waals surface area (Å²) < 4.78 is 0. The molecule has 1 aromatic heterocycles. The molecule has 3 rings (SSSR count). The third-order valence-electron chi connectivity index (χ3n) is 3.04. The Morgan fingerprint density at radius 1 is 1.16 bits per heavy atom. The second-order valence-corrected chi connectivity index (χ2v) is 4.99. The minimum Gasteiger partial charge on any atom is -0.386 e. The molecule has 6 heteroatoms. The second-order valence-electron chi connectivity index (χ2n) is 4.99. The number of β-amino-alcohol motifs (C(OH)–C–C–N with tert-alkyl or cyclic N) is 1. The van der Waals surface area contributed by atoms with Gasteiger partial charge in [0.2, 0.25) is 5.95 Å². The van der Waals surface area contributed by atoms with Crippen molar-refractivity contribution in [3.05, 3.63) is 36.9 Å². The molecular formula is C13H15N5O. The van der Waals surface area contributed by atoms with Crippen LogP contribution >= 0.6 is 0 Å². The highest BCUT2D eigenvalue weighted by Gasteiger charge is 2.36. The number of aromatic nitrogens is 3. The van der Waals surface area contributed by atoms with Gasteiger partial charge in [-0.2, -0.15) is 0 Å². The standard InChI is InChI=1S/C13H15N5O/c1-13(19)6-18(7-13)11-4-2-10(3-5-11)17-12-15-8-14-9-16-12/h2-5,8-9,19H,6-7H2,1H3,(H,14,15,16,17). The van der Waals surface area contributed by atoms with Gasteiger partial charge in [-0.1, -0.05) is 0 Å². The van der Waals surface area contributed by atoms with Gasteiger partial charge in [0, 0.05) is 24.5 Å². The van der Waals surface area contributed by atoms with Crippen molar-refractivity contribution in [3.8, 4) is 0 Å². The molecule has 98 valence electrons. The molecule has 0 unspecified atom stereocenters. The van der Waals surface area contributed by atoms with E-state index in [1.807, 2.05) is 31.2 Å². The van der Waals surface area contributed by atoms with Gasteiger partial charge < -0.3 is 15.3 Å². The van der Waals surface area contributed by atoms with E-state index in [4.69, 9.17) is 0 Å². The van der Waals surface area contributed by atoms with Crippen molar-refractivity contribution < 1.29 is 5.11 Å². The van der Waals surface area contributed by atoms with Crippen molar-refractivity contribution in [2.45, 2.75) is 12.5 Å². The average Bonchev–Trinajstić information content (AvgIpc) is 2.38. The summed E-state index contributed by atoms with van der Waals surface area (Å²) in [4.78, 5) is 13.9. The molecule has 1 aliphatic heterocycles. The minimum absolute atomic E-state index is 0.523.